The Morgan fingerprint density at radius 2 is 1.91 bits per heavy atom. The molecule has 170 valence electrons. The summed E-state index contributed by atoms with van der Waals surface area (Å²) in [5.41, 5.74) is 3.49. The van der Waals surface area contributed by atoms with E-state index in [0.717, 1.165) is 29.7 Å². The molecule has 0 radical (unpaired) electrons. The number of rotatable bonds is 10. The molecule has 1 N–H and O–H groups in total. The van der Waals surface area contributed by atoms with Crippen LogP contribution >= 0.6 is 23.4 Å². The number of aryl methyl sites for hydroxylation is 2. The first-order valence-electron chi connectivity index (χ1n) is 10.7. The van der Waals surface area contributed by atoms with Gasteiger partial charge in [0, 0.05) is 31.0 Å². The minimum atomic E-state index is -0.143. The quantitative estimate of drug-likeness (QED) is 0.256. The summed E-state index contributed by atoms with van der Waals surface area (Å²) in [6, 6.07) is 11.1. The van der Waals surface area contributed by atoms with E-state index in [1.54, 1.807) is 29.9 Å². The van der Waals surface area contributed by atoms with E-state index in [0.29, 0.717) is 40.7 Å². The van der Waals surface area contributed by atoms with E-state index >= 15 is 0 Å². The third-order valence-corrected chi connectivity index (χ3v) is 6.42. The Morgan fingerprint density at radius 1 is 1.19 bits per heavy atom. The number of amides is 1. The van der Waals surface area contributed by atoms with Crippen LogP contribution in [0.1, 0.15) is 31.4 Å². The molecule has 0 aliphatic carbocycles. The summed E-state index contributed by atoms with van der Waals surface area (Å²) in [6.07, 6.45) is 2.34. The van der Waals surface area contributed by atoms with Gasteiger partial charge in [-0.2, -0.15) is 0 Å². The number of anilines is 1. The zero-order chi connectivity index (χ0) is 23.1. The maximum atomic E-state index is 13.1. The normalized spacial score (nSPS) is 11.1. The number of fused-ring (bicyclic) bond motifs is 1. The zero-order valence-electron chi connectivity index (χ0n) is 18.6. The van der Waals surface area contributed by atoms with Crippen LogP contribution in [0.15, 0.2) is 46.3 Å². The smallest absolute Gasteiger partial charge is 0.262 e. The van der Waals surface area contributed by atoms with E-state index in [4.69, 9.17) is 16.3 Å². The summed E-state index contributed by atoms with van der Waals surface area (Å²) >= 11 is 7.35. The van der Waals surface area contributed by atoms with Gasteiger partial charge in [0.1, 0.15) is 0 Å². The summed E-state index contributed by atoms with van der Waals surface area (Å²) in [7, 11) is 1.63. The molecule has 0 atom stereocenters. The van der Waals surface area contributed by atoms with Crippen LogP contribution in [-0.2, 0) is 28.9 Å². The molecule has 0 saturated heterocycles. The van der Waals surface area contributed by atoms with Gasteiger partial charge in [-0.1, -0.05) is 55.4 Å². The van der Waals surface area contributed by atoms with Crippen molar-refractivity contribution in [2.75, 3.05) is 24.8 Å². The Labute approximate surface area is 197 Å². The lowest BCUT2D eigenvalue weighted by molar-refractivity contribution is -0.113. The zero-order valence-corrected chi connectivity index (χ0v) is 20.2. The summed E-state index contributed by atoms with van der Waals surface area (Å²) in [5.74, 6) is 0.0127. The summed E-state index contributed by atoms with van der Waals surface area (Å²) in [5, 5.41) is 4.58. The number of ether oxygens (including phenoxy) is 1. The van der Waals surface area contributed by atoms with E-state index in [1.165, 1.54) is 11.8 Å². The van der Waals surface area contributed by atoms with E-state index < -0.39 is 0 Å². The summed E-state index contributed by atoms with van der Waals surface area (Å²) in [4.78, 5) is 30.5. The molecule has 1 amide bonds. The highest BCUT2D eigenvalue weighted by Crippen LogP contribution is 2.24. The molecule has 0 unspecified atom stereocenters. The van der Waals surface area contributed by atoms with Crippen molar-refractivity contribution in [3.05, 3.63) is 62.9 Å². The number of hydrogen-bond acceptors (Lipinski definition) is 5. The standard InChI is InChI=1S/C24H28ClN3O3S/c1-4-16-8-6-9-17(5-2)22(16)27-21(29)15-32-24-26-20-14-18(25)10-11-19(20)23(30)28(24)12-7-13-31-3/h6,8-11,14H,4-5,7,12-13,15H2,1-3H3,(H,27,29). The molecule has 1 aromatic heterocycles. The van der Waals surface area contributed by atoms with Crippen molar-refractivity contribution in [1.29, 1.82) is 0 Å². The largest absolute Gasteiger partial charge is 0.385 e. The molecule has 0 spiro atoms. The lowest BCUT2D eigenvalue weighted by Gasteiger charge is -2.15. The number of nitrogens with one attached hydrogen (secondary N) is 1. The molecule has 0 aliphatic rings. The molecule has 0 saturated carbocycles. The van der Waals surface area contributed by atoms with Crippen LogP contribution in [0.25, 0.3) is 10.9 Å². The first kappa shape index (κ1) is 24.3. The van der Waals surface area contributed by atoms with Gasteiger partial charge in [-0.15, -0.1) is 0 Å². The number of methoxy groups -OCH3 is 1. The van der Waals surface area contributed by atoms with Crippen LogP contribution in [-0.4, -0.2) is 34.9 Å². The Hall–Kier alpha value is -2.35. The van der Waals surface area contributed by atoms with Crippen LogP contribution in [0.3, 0.4) is 0 Å². The number of para-hydroxylation sites is 1. The number of thioether (sulfide) groups is 1. The van der Waals surface area contributed by atoms with Gasteiger partial charge in [0.05, 0.1) is 16.7 Å². The minimum Gasteiger partial charge on any atom is -0.385 e. The van der Waals surface area contributed by atoms with Gasteiger partial charge >= 0.3 is 0 Å². The summed E-state index contributed by atoms with van der Waals surface area (Å²) in [6.45, 7) is 5.13. The number of benzene rings is 2. The second kappa shape index (κ2) is 11.5. The number of nitrogens with zero attached hydrogens (tertiary/aromatic N) is 2. The van der Waals surface area contributed by atoms with Gasteiger partial charge in [0.25, 0.3) is 5.56 Å². The van der Waals surface area contributed by atoms with Crippen LogP contribution < -0.4 is 10.9 Å². The second-order valence-electron chi connectivity index (χ2n) is 7.35. The SMILES string of the molecule is CCc1cccc(CC)c1NC(=O)CSc1nc2cc(Cl)ccc2c(=O)n1CCCOC. The summed E-state index contributed by atoms with van der Waals surface area (Å²) < 4.78 is 6.75. The van der Waals surface area contributed by atoms with E-state index in [9.17, 15) is 9.59 Å². The molecule has 8 heteroatoms. The first-order chi connectivity index (χ1) is 15.5. The highest BCUT2D eigenvalue weighted by molar-refractivity contribution is 7.99. The molecule has 0 fully saturated rings. The van der Waals surface area contributed by atoms with Gasteiger partial charge in [-0.3, -0.25) is 14.2 Å². The molecule has 2 aromatic carbocycles. The fourth-order valence-electron chi connectivity index (χ4n) is 3.56. The molecule has 3 aromatic rings. The first-order valence-corrected chi connectivity index (χ1v) is 12.1. The second-order valence-corrected chi connectivity index (χ2v) is 8.73. The van der Waals surface area contributed by atoms with Crippen molar-refractivity contribution >= 4 is 45.9 Å². The minimum absolute atomic E-state index is 0.130. The number of carbonyl (C=O) groups is 1. The lowest BCUT2D eigenvalue weighted by atomic mass is 10.0. The fraction of sp³-hybridized carbons (Fsp3) is 0.375. The average Bonchev–Trinajstić information content (AvgIpc) is 2.79. The topological polar surface area (TPSA) is 73.2 Å². The van der Waals surface area contributed by atoms with E-state index in [2.05, 4.69) is 24.1 Å². The molecule has 1 heterocycles. The van der Waals surface area contributed by atoms with Gasteiger partial charge in [-0.25, -0.2) is 4.98 Å². The maximum absolute atomic E-state index is 13.1. The molecular formula is C24H28ClN3O3S. The number of carbonyl (C=O) groups excluding carboxylic acids is 1. The number of hydrogen-bond donors (Lipinski definition) is 1. The maximum Gasteiger partial charge on any atom is 0.262 e. The number of aromatic nitrogens is 2. The molecule has 0 aliphatic heterocycles. The third kappa shape index (κ3) is 5.71. The molecule has 6 nitrogen and oxygen atoms in total. The Kier molecular flexibility index (Phi) is 8.73. The van der Waals surface area contributed by atoms with Gasteiger partial charge in [-0.05, 0) is 48.6 Å². The predicted octanol–water partition coefficient (Wildman–Crippen LogP) is 4.94. The third-order valence-electron chi connectivity index (χ3n) is 5.21. The molecule has 32 heavy (non-hydrogen) atoms. The van der Waals surface area contributed by atoms with Crippen LogP contribution in [0.2, 0.25) is 5.02 Å². The highest BCUT2D eigenvalue weighted by Gasteiger charge is 2.15. The van der Waals surface area contributed by atoms with E-state index in [-0.39, 0.29) is 17.2 Å². The van der Waals surface area contributed by atoms with Crippen LogP contribution in [0.5, 0.6) is 0 Å². The molecular weight excluding hydrogens is 446 g/mol. The lowest BCUT2D eigenvalue weighted by Crippen LogP contribution is -2.25. The van der Waals surface area contributed by atoms with Crippen LogP contribution in [0.4, 0.5) is 5.69 Å². The average molecular weight is 474 g/mol. The Balaban J connectivity index is 1.85. The predicted molar refractivity (Wildman–Crippen MR) is 132 cm³/mol. The van der Waals surface area contributed by atoms with Crippen molar-refractivity contribution in [3.63, 3.8) is 0 Å². The fourth-order valence-corrected chi connectivity index (χ4v) is 4.55. The van der Waals surface area contributed by atoms with E-state index in [1.807, 2.05) is 18.2 Å². The molecule has 3 rings (SSSR count). The Bertz CT molecular complexity index is 1140. The highest BCUT2D eigenvalue weighted by atomic mass is 35.5. The van der Waals surface area contributed by atoms with Crippen molar-refractivity contribution in [3.8, 4) is 0 Å². The van der Waals surface area contributed by atoms with Gasteiger partial charge < -0.3 is 10.1 Å². The molecule has 0 bridgehead atoms. The van der Waals surface area contributed by atoms with Crippen molar-refractivity contribution in [1.82, 2.24) is 9.55 Å². The van der Waals surface area contributed by atoms with Gasteiger partial charge in [0.2, 0.25) is 5.91 Å². The van der Waals surface area contributed by atoms with Crippen molar-refractivity contribution in [2.24, 2.45) is 0 Å². The monoisotopic (exact) mass is 473 g/mol. The van der Waals surface area contributed by atoms with Gasteiger partial charge in [0.15, 0.2) is 5.16 Å². The van der Waals surface area contributed by atoms with Crippen molar-refractivity contribution < 1.29 is 9.53 Å². The number of halogens is 1. The van der Waals surface area contributed by atoms with Crippen molar-refractivity contribution in [2.45, 2.75) is 44.8 Å². The Morgan fingerprint density at radius 3 is 2.56 bits per heavy atom. The van der Waals surface area contributed by atoms with Crippen LogP contribution in [0, 0.1) is 0 Å².